The number of rotatable bonds is 2. The van der Waals surface area contributed by atoms with Crippen molar-refractivity contribution in [1.29, 1.82) is 0 Å². The van der Waals surface area contributed by atoms with E-state index in [2.05, 4.69) is 16.5 Å². The van der Waals surface area contributed by atoms with Gasteiger partial charge in [0.05, 0.1) is 5.69 Å². The molecular formula is C14H19N3O. The highest BCUT2D eigenvalue weighted by molar-refractivity contribution is 5.53. The predicted molar refractivity (Wildman–Crippen MR) is 70.5 cm³/mol. The number of aryl methyl sites for hydroxylation is 2. The lowest BCUT2D eigenvalue weighted by atomic mass is 9.94. The number of hydrogen-bond donors (Lipinski definition) is 1. The molecule has 4 nitrogen and oxygen atoms in total. The van der Waals surface area contributed by atoms with E-state index in [-0.39, 0.29) is 0 Å². The maximum Gasteiger partial charge on any atom is 0.152 e. The Morgan fingerprint density at radius 1 is 1.33 bits per heavy atom. The van der Waals surface area contributed by atoms with Crippen molar-refractivity contribution in [3.8, 4) is 11.5 Å². The highest BCUT2D eigenvalue weighted by Crippen LogP contribution is 2.29. The molecule has 1 saturated heterocycles. The average molecular weight is 245 g/mol. The summed E-state index contributed by atoms with van der Waals surface area (Å²) in [6, 6.07) is 6.18. The third kappa shape index (κ3) is 2.08. The first kappa shape index (κ1) is 11.5. The molecule has 18 heavy (non-hydrogen) atoms. The Morgan fingerprint density at radius 3 is 2.78 bits per heavy atom. The molecule has 0 radical (unpaired) electrons. The first-order valence-corrected chi connectivity index (χ1v) is 6.55. The van der Waals surface area contributed by atoms with Gasteiger partial charge >= 0.3 is 0 Å². The van der Waals surface area contributed by atoms with Crippen molar-refractivity contribution in [1.82, 2.24) is 15.1 Å². The second-order valence-electron chi connectivity index (χ2n) is 5.01. The van der Waals surface area contributed by atoms with Gasteiger partial charge in [-0.15, -0.1) is 0 Å². The fourth-order valence-corrected chi connectivity index (χ4v) is 2.61. The van der Waals surface area contributed by atoms with E-state index in [1.165, 1.54) is 18.5 Å². The van der Waals surface area contributed by atoms with Crippen LogP contribution in [-0.2, 0) is 7.05 Å². The SMILES string of the molecule is Cc1ccc(-c2cc(C3CCNCC3)nn2C)o1. The van der Waals surface area contributed by atoms with Gasteiger partial charge in [0, 0.05) is 13.0 Å². The van der Waals surface area contributed by atoms with E-state index < -0.39 is 0 Å². The van der Waals surface area contributed by atoms with Crippen LogP contribution < -0.4 is 5.32 Å². The fourth-order valence-electron chi connectivity index (χ4n) is 2.61. The lowest BCUT2D eigenvalue weighted by Crippen LogP contribution is -2.26. The molecule has 2 aromatic rings. The van der Waals surface area contributed by atoms with Crippen LogP contribution in [0.1, 0.15) is 30.2 Å². The van der Waals surface area contributed by atoms with Gasteiger partial charge in [0.2, 0.25) is 0 Å². The van der Waals surface area contributed by atoms with Crippen LogP contribution in [0.5, 0.6) is 0 Å². The molecule has 1 aliphatic rings. The van der Waals surface area contributed by atoms with Crippen molar-refractivity contribution in [3.05, 3.63) is 29.7 Å². The Hall–Kier alpha value is -1.55. The van der Waals surface area contributed by atoms with Crippen molar-refractivity contribution in [2.45, 2.75) is 25.7 Å². The van der Waals surface area contributed by atoms with Crippen LogP contribution in [0.25, 0.3) is 11.5 Å². The summed E-state index contributed by atoms with van der Waals surface area (Å²) in [7, 11) is 1.98. The second-order valence-corrected chi connectivity index (χ2v) is 5.01. The van der Waals surface area contributed by atoms with Crippen LogP contribution in [0.2, 0.25) is 0 Å². The van der Waals surface area contributed by atoms with Crippen LogP contribution in [0.3, 0.4) is 0 Å². The summed E-state index contributed by atoms with van der Waals surface area (Å²) in [5.41, 5.74) is 2.26. The molecule has 3 heterocycles. The van der Waals surface area contributed by atoms with Gasteiger partial charge < -0.3 is 9.73 Å². The topological polar surface area (TPSA) is 43.0 Å². The number of nitrogens with one attached hydrogen (secondary N) is 1. The summed E-state index contributed by atoms with van der Waals surface area (Å²) in [5.74, 6) is 2.43. The van der Waals surface area contributed by atoms with Gasteiger partial charge in [-0.3, -0.25) is 4.68 Å². The van der Waals surface area contributed by atoms with Gasteiger partial charge in [0.1, 0.15) is 11.5 Å². The number of piperidine rings is 1. The quantitative estimate of drug-likeness (QED) is 0.883. The number of aromatic nitrogens is 2. The van der Waals surface area contributed by atoms with Crippen molar-refractivity contribution < 1.29 is 4.42 Å². The summed E-state index contributed by atoms with van der Waals surface area (Å²) in [4.78, 5) is 0. The summed E-state index contributed by atoms with van der Waals surface area (Å²) in [6.07, 6.45) is 2.35. The predicted octanol–water partition coefficient (Wildman–Crippen LogP) is 2.46. The normalized spacial score (nSPS) is 17.2. The summed E-state index contributed by atoms with van der Waals surface area (Å²) in [6.45, 7) is 4.15. The van der Waals surface area contributed by atoms with Crippen molar-refractivity contribution >= 4 is 0 Å². The van der Waals surface area contributed by atoms with E-state index >= 15 is 0 Å². The molecule has 0 saturated carbocycles. The summed E-state index contributed by atoms with van der Waals surface area (Å²) < 4.78 is 7.60. The maximum atomic E-state index is 5.68. The van der Waals surface area contributed by atoms with Crippen LogP contribution in [-0.4, -0.2) is 22.9 Å². The van der Waals surface area contributed by atoms with Crippen molar-refractivity contribution in [2.75, 3.05) is 13.1 Å². The Morgan fingerprint density at radius 2 is 2.11 bits per heavy atom. The van der Waals surface area contributed by atoms with Gasteiger partial charge in [-0.1, -0.05) is 0 Å². The lowest BCUT2D eigenvalue weighted by Gasteiger charge is -2.20. The van der Waals surface area contributed by atoms with E-state index in [1.54, 1.807) is 0 Å². The molecule has 0 bridgehead atoms. The monoisotopic (exact) mass is 245 g/mol. The molecule has 4 heteroatoms. The Kier molecular flexibility index (Phi) is 2.96. The average Bonchev–Trinajstić information content (AvgIpc) is 2.97. The smallest absolute Gasteiger partial charge is 0.152 e. The summed E-state index contributed by atoms with van der Waals surface area (Å²) >= 11 is 0. The Balaban J connectivity index is 1.90. The van der Waals surface area contributed by atoms with Gasteiger partial charge in [-0.2, -0.15) is 5.10 Å². The van der Waals surface area contributed by atoms with Crippen molar-refractivity contribution in [3.63, 3.8) is 0 Å². The molecule has 1 aliphatic heterocycles. The van der Waals surface area contributed by atoms with E-state index in [1.807, 2.05) is 30.8 Å². The van der Waals surface area contributed by atoms with Crippen LogP contribution in [0.15, 0.2) is 22.6 Å². The molecule has 96 valence electrons. The zero-order valence-electron chi connectivity index (χ0n) is 10.9. The van der Waals surface area contributed by atoms with E-state index in [9.17, 15) is 0 Å². The fraction of sp³-hybridized carbons (Fsp3) is 0.500. The minimum atomic E-state index is 0.585. The highest BCUT2D eigenvalue weighted by Gasteiger charge is 2.20. The van der Waals surface area contributed by atoms with Crippen molar-refractivity contribution in [2.24, 2.45) is 7.05 Å². The second kappa shape index (κ2) is 4.61. The zero-order valence-corrected chi connectivity index (χ0v) is 10.9. The van der Waals surface area contributed by atoms with Gasteiger partial charge in [0.15, 0.2) is 5.76 Å². The maximum absolute atomic E-state index is 5.68. The third-order valence-corrected chi connectivity index (χ3v) is 3.65. The van der Waals surface area contributed by atoms with E-state index in [0.29, 0.717) is 5.92 Å². The molecule has 0 aliphatic carbocycles. The molecule has 1 fully saturated rings. The van der Waals surface area contributed by atoms with Crippen LogP contribution >= 0.6 is 0 Å². The number of furan rings is 1. The van der Waals surface area contributed by atoms with E-state index in [0.717, 1.165) is 30.3 Å². The minimum Gasteiger partial charge on any atom is -0.460 e. The summed E-state index contributed by atoms with van der Waals surface area (Å²) in [5, 5.41) is 8.04. The first-order chi connectivity index (χ1) is 8.74. The third-order valence-electron chi connectivity index (χ3n) is 3.65. The Labute approximate surface area is 107 Å². The molecule has 0 amide bonds. The minimum absolute atomic E-state index is 0.585. The molecule has 2 aromatic heterocycles. The molecule has 1 N–H and O–H groups in total. The largest absolute Gasteiger partial charge is 0.460 e. The van der Waals surface area contributed by atoms with Crippen LogP contribution in [0.4, 0.5) is 0 Å². The van der Waals surface area contributed by atoms with Gasteiger partial charge in [-0.25, -0.2) is 0 Å². The number of hydrogen-bond acceptors (Lipinski definition) is 3. The molecular weight excluding hydrogens is 226 g/mol. The molecule has 0 aromatic carbocycles. The Bertz CT molecular complexity index is 535. The first-order valence-electron chi connectivity index (χ1n) is 6.55. The molecule has 0 spiro atoms. The van der Waals surface area contributed by atoms with Gasteiger partial charge in [0.25, 0.3) is 0 Å². The van der Waals surface area contributed by atoms with Crippen LogP contribution in [0, 0.1) is 6.92 Å². The molecule has 0 atom stereocenters. The number of nitrogens with zero attached hydrogens (tertiary/aromatic N) is 2. The molecule has 0 unspecified atom stereocenters. The standard InChI is InChI=1S/C14H19N3O/c1-10-3-4-14(18-10)13-9-12(16-17(13)2)11-5-7-15-8-6-11/h3-4,9,11,15H,5-8H2,1-2H3. The molecule has 3 rings (SSSR count). The lowest BCUT2D eigenvalue weighted by molar-refractivity contribution is 0.450. The van der Waals surface area contributed by atoms with Gasteiger partial charge in [-0.05, 0) is 51.1 Å². The highest BCUT2D eigenvalue weighted by atomic mass is 16.3. The zero-order chi connectivity index (χ0) is 12.5. The van der Waals surface area contributed by atoms with E-state index in [4.69, 9.17) is 4.42 Å².